The van der Waals surface area contributed by atoms with Crippen molar-refractivity contribution in [2.24, 2.45) is 0 Å². The highest BCUT2D eigenvalue weighted by Crippen LogP contribution is 2.31. The highest BCUT2D eigenvalue weighted by Gasteiger charge is 2.11. The van der Waals surface area contributed by atoms with E-state index in [9.17, 15) is 4.79 Å². The van der Waals surface area contributed by atoms with Crippen LogP contribution >= 0.6 is 0 Å². The normalized spacial score (nSPS) is 10.4. The lowest BCUT2D eigenvalue weighted by atomic mass is 9.96. The van der Waals surface area contributed by atoms with Crippen LogP contribution in [0.3, 0.4) is 0 Å². The molecule has 0 aliphatic heterocycles. The highest BCUT2D eigenvalue weighted by atomic mass is 16.5. The Labute approximate surface area is 142 Å². The minimum Gasteiger partial charge on any atom is -0.488 e. The zero-order chi connectivity index (χ0) is 16.9. The number of carbonyl (C=O) groups is 1. The number of hydrogen-bond acceptors (Lipinski definition) is 2. The molecule has 3 aromatic rings. The second-order valence-electron chi connectivity index (χ2n) is 5.92. The Bertz CT molecular complexity index is 851. The third kappa shape index (κ3) is 3.38. The van der Waals surface area contributed by atoms with Gasteiger partial charge in [0.1, 0.15) is 12.4 Å². The predicted molar refractivity (Wildman–Crippen MR) is 97.5 cm³/mol. The van der Waals surface area contributed by atoms with E-state index in [1.54, 1.807) is 0 Å². The van der Waals surface area contributed by atoms with Crippen LogP contribution in [0.1, 0.15) is 27.0 Å². The van der Waals surface area contributed by atoms with Crippen molar-refractivity contribution in [3.63, 3.8) is 0 Å². The van der Waals surface area contributed by atoms with Gasteiger partial charge in [0.05, 0.1) is 5.56 Å². The molecule has 0 atom stereocenters. The van der Waals surface area contributed by atoms with Gasteiger partial charge in [-0.2, -0.15) is 0 Å². The van der Waals surface area contributed by atoms with Crippen molar-refractivity contribution in [3.8, 4) is 16.9 Å². The van der Waals surface area contributed by atoms with Gasteiger partial charge in [-0.1, -0.05) is 54.6 Å². The first-order valence-corrected chi connectivity index (χ1v) is 8.01. The van der Waals surface area contributed by atoms with Crippen molar-refractivity contribution in [2.45, 2.75) is 20.5 Å². The topological polar surface area (TPSA) is 26.3 Å². The fourth-order valence-corrected chi connectivity index (χ4v) is 2.87. The molecule has 0 saturated heterocycles. The van der Waals surface area contributed by atoms with Gasteiger partial charge >= 0.3 is 0 Å². The van der Waals surface area contributed by atoms with Gasteiger partial charge < -0.3 is 4.74 Å². The first-order valence-electron chi connectivity index (χ1n) is 8.01. The molecular formula is C22H20O2. The summed E-state index contributed by atoms with van der Waals surface area (Å²) in [7, 11) is 0. The maximum Gasteiger partial charge on any atom is 0.153 e. The largest absolute Gasteiger partial charge is 0.488 e. The molecule has 3 rings (SSSR count). The van der Waals surface area contributed by atoms with Crippen LogP contribution in [-0.4, -0.2) is 6.29 Å². The molecule has 0 radical (unpaired) electrons. The van der Waals surface area contributed by atoms with Crippen LogP contribution in [0.4, 0.5) is 0 Å². The van der Waals surface area contributed by atoms with Gasteiger partial charge in [0.15, 0.2) is 6.29 Å². The van der Waals surface area contributed by atoms with Gasteiger partial charge in [-0.05, 0) is 53.8 Å². The van der Waals surface area contributed by atoms with Crippen LogP contribution in [0.15, 0.2) is 66.7 Å². The molecule has 0 spiro atoms. The molecule has 0 aromatic heterocycles. The average Bonchev–Trinajstić information content (AvgIpc) is 2.61. The minimum absolute atomic E-state index is 0.451. The Morgan fingerprint density at radius 1 is 0.875 bits per heavy atom. The van der Waals surface area contributed by atoms with Gasteiger partial charge in [0.2, 0.25) is 0 Å². The summed E-state index contributed by atoms with van der Waals surface area (Å²) in [5, 5.41) is 0. The molecule has 0 saturated carbocycles. The Morgan fingerprint density at radius 2 is 1.58 bits per heavy atom. The van der Waals surface area contributed by atoms with E-state index >= 15 is 0 Å². The van der Waals surface area contributed by atoms with Gasteiger partial charge in [0.25, 0.3) is 0 Å². The summed E-state index contributed by atoms with van der Waals surface area (Å²) in [5.74, 6) is 0.659. The van der Waals surface area contributed by atoms with Crippen molar-refractivity contribution in [1.82, 2.24) is 0 Å². The number of ether oxygens (including phenoxy) is 1. The predicted octanol–water partition coefficient (Wildman–Crippen LogP) is 5.36. The molecule has 120 valence electrons. The van der Waals surface area contributed by atoms with E-state index in [2.05, 4.69) is 25.1 Å². The van der Waals surface area contributed by atoms with Crippen LogP contribution < -0.4 is 4.74 Å². The summed E-state index contributed by atoms with van der Waals surface area (Å²) in [4.78, 5) is 11.6. The second-order valence-corrected chi connectivity index (χ2v) is 5.92. The molecule has 0 amide bonds. The first-order chi connectivity index (χ1) is 11.7. The van der Waals surface area contributed by atoms with Crippen molar-refractivity contribution in [3.05, 3.63) is 89.0 Å². The quantitative estimate of drug-likeness (QED) is 0.592. The number of aldehydes is 1. The SMILES string of the molecule is Cc1ccccc1-c1cc(C)c(OCc2ccccc2)c(C=O)c1. The van der Waals surface area contributed by atoms with E-state index in [1.807, 2.05) is 55.5 Å². The Hall–Kier alpha value is -2.87. The van der Waals surface area contributed by atoms with Crippen molar-refractivity contribution < 1.29 is 9.53 Å². The van der Waals surface area contributed by atoms with Crippen LogP contribution in [0.25, 0.3) is 11.1 Å². The Morgan fingerprint density at radius 3 is 2.29 bits per heavy atom. The Balaban J connectivity index is 1.94. The van der Waals surface area contributed by atoms with E-state index in [-0.39, 0.29) is 0 Å². The van der Waals surface area contributed by atoms with E-state index in [0.29, 0.717) is 17.9 Å². The molecule has 0 aliphatic carbocycles. The highest BCUT2D eigenvalue weighted by molar-refractivity contribution is 5.84. The molecule has 3 aromatic carbocycles. The molecule has 0 unspecified atom stereocenters. The van der Waals surface area contributed by atoms with Crippen molar-refractivity contribution in [2.75, 3.05) is 0 Å². The number of benzene rings is 3. The molecule has 2 heteroatoms. The summed E-state index contributed by atoms with van der Waals surface area (Å²) in [5.41, 5.74) is 6.00. The van der Waals surface area contributed by atoms with Crippen molar-refractivity contribution >= 4 is 6.29 Å². The molecule has 0 bridgehead atoms. The summed E-state index contributed by atoms with van der Waals surface area (Å²) < 4.78 is 5.93. The third-order valence-electron chi connectivity index (χ3n) is 4.11. The number of carbonyl (C=O) groups excluding carboxylic acids is 1. The standard InChI is InChI=1S/C22H20O2/c1-16-8-6-7-11-21(16)19-12-17(2)22(20(13-19)14-23)24-15-18-9-4-3-5-10-18/h3-14H,15H2,1-2H3. The average molecular weight is 316 g/mol. The van der Waals surface area contributed by atoms with Crippen molar-refractivity contribution in [1.29, 1.82) is 0 Å². The van der Waals surface area contributed by atoms with Gasteiger partial charge in [-0.15, -0.1) is 0 Å². The van der Waals surface area contributed by atoms with Crippen LogP contribution in [-0.2, 0) is 6.61 Å². The molecular weight excluding hydrogens is 296 g/mol. The molecule has 0 aliphatic rings. The lowest BCUT2D eigenvalue weighted by Crippen LogP contribution is -2.01. The molecule has 24 heavy (non-hydrogen) atoms. The molecule has 0 fully saturated rings. The van der Waals surface area contributed by atoms with E-state index in [4.69, 9.17) is 4.74 Å². The third-order valence-corrected chi connectivity index (χ3v) is 4.11. The van der Waals surface area contributed by atoms with Gasteiger partial charge in [-0.3, -0.25) is 4.79 Å². The molecule has 0 heterocycles. The monoisotopic (exact) mass is 316 g/mol. The summed E-state index contributed by atoms with van der Waals surface area (Å²) in [6, 6.07) is 22.1. The van der Waals surface area contributed by atoms with E-state index in [1.165, 1.54) is 5.56 Å². The van der Waals surface area contributed by atoms with Crippen LogP contribution in [0.2, 0.25) is 0 Å². The number of rotatable bonds is 5. The maximum absolute atomic E-state index is 11.6. The number of hydrogen-bond donors (Lipinski definition) is 0. The second kappa shape index (κ2) is 7.14. The molecule has 2 nitrogen and oxygen atoms in total. The maximum atomic E-state index is 11.6. The van der Waals surface area contributed by atoms with Crippen LogP contribution in [0, 0.1) is 13.8 Å². The summed E-state index contributed by atoms with van der Waals surface area (Å²) in [6.07, 6.45) is 0.870. The fourth-order valence-electron chi connectivity index (χ4n) is 2.87. The van der Waals surface area contributed by atoms with Gasteiger partial charge in [0, 0.05) is 0 Å². The zero-order valence-corrected chi connectivity index (χ0v) is 14.0. The Kier molecular flexibility index (Phi) is 4.76. The number of aryl methyl sites for hydroxylation is 2. The fraction of sp³-hybridized carbons (Fsp3) is 0.136. The minimum atomic E-state index is 0.451. The first kappa shape index (κ1) is 16.0. The van der Waals surface area contributed by atoms with Crippen LogP contribution in [0.5, 0.6) is 5.75 Å². The zero-order valence-electron chi connectivity index (χ0n) is 14.0. The molecule has 0 N–H and O–H groups in total. The summed E-state index contributed by atoms with van der Waals surface area (Å²) in [6.45, 7) is 4.51. The van der Waals surface area contributed by atoms with Gasteiger partial charge in [-0.25, -0.2) is 0 Å². The summed E-state index contributed by atoms with van der Waals surface area (Å²) >= 11 is 0. The lowest BCUT2D eigenvalue weighted by molar-refractivity contribution is 0.111. The van der Waals surface area contributed by atoms with E-state index < -0.39 is 0 Å². The lowest BCUT2D eigenvalue weighted by Gasteiger charge is -2.14. The smallest absolute Gasteiger partial charge is 0.153 e. The van der Waals surface area contributed by atoms with E-state index in [0.717, 1.165) is 28.5 Å².